The largest absolute Gasteiger partial charge is 0.378 e. The van der Waals surface area contributed by atoms with Gasteiger partial charge in [0.2, 0.25) is 0 Å². The van der Waals surface area contributed by atoms with E-state index in [2.05, 4.69) is 20.5 Å². The maximum atomic E-state index is 5.90. The highest BCUT2D eigenvalue weighted by Gasteiger charge is 2.04. The second-order valence-electron chi connectivity index (χ2n) is 3.53. The van der Waals surface area contributed by atoms with Crippen LogP contribution in [-0.4, -0.2) is 15.2 Å². The normalized spacial score (nSPS) is 10.3. The van der Waals surface area contributed by atoms with Gasteiger partial charge in [-0.15, -0.1) is 10.2 Å². The number of nitrogens with one attached hydrogen (secondary N) is 1. The summed E-state index contributed by atoms with van der Waals surface area (Å²) in [5.74, 6) is 0. The topological polar surface area (TPSA) is 50.7 Å². The van der Waals surface area contributed by atoms with E-state index >= 15 is 0 Å². The third kappa shape index (κ3) is 3.05. The summed E-state index contributed by atoms with van der Waals surface area (Å²) in [6.45, 7) is 2.64. The van der Waals surface area contributed by atoms with Crippen molar-refractivity contribution in [1.82, 2.24) is 15.2 Å². The van der Waals surface area contributed by atoms with Crippen LogP contribution in [0.15, 0.2) is 24.5 Å². The molecule has 0 aromatic carbocycles. The lowest BCUT2D eigenvalue weighted by atomic mass is 10.1. The monoisotopic (exact) mass is 268 g/mol. The molecule has 0 aliphatic rings. The second kappa shape index (κ2) is 5.29. The van der Waals surface area contributed by atoms with Crippen molar-refractivity contribution in [2.45, 2.75) is 13.5 Å². The maximum Gasteiger partial charge on any atom is 0.174 e. The van der Waals surface area contributed by atoms with Crippen molar-refractivity contribution in [3.63, 3.8) is 0 Å². The van der Waals surface area contributed by atoms with Crippen LogP contribution in [0.5, 0.6) is 0 Å². The Bertz CT molecular complexity index is 531. The van der Waals surface area contributed by atoms with Gasteiger partial charge in [-0.1, -0.05) is 23.2 Å². The first-order chi connectivity index (χ1) is 8.16. The Morgan fingerprint density at radius 2 is 2.12 bits per heavy atom. The van der Waals surface area contributed by atoms with Crippen molar-refractivity contribution < 1.29 is 0 Å². The summed E-state index contributed by atoms with van der Waals surface area (Å²) in [5, 5.41) is 11.1. The average molecular weight is 269 g/mol. The first-order valence-electron chi connectivity index (χ1n) is 4.99. The van der Waals surface area contributed by atoms with Crippen LogP contribution in [0.3, 0.4) is 0 Å². The molecule has 0 aliphatic carbocycles. The van der Waals surface area contributed by atoms with Crippen molar-refractivity contribution in [1.29, 1.82) is 0 Å². The Morgan fingerprint density at radius 3 is 2.88 bits per heavy atom. The number of nitrogens with zero attached hydrogens (tertiary/aromatic N) is 3. The van der Waals surface area contributed by atoms with Crippen LogP contribution in [0.1, 0.15) is 11.1 Å². The average Bonchev–Trinajstić information content (AvgIpc) is 2.32. The van der Waals surface area contributed by atoms with Gasteiger partial charge in [-0.05, 0) is 24.1 Å². The van der Waals surface area contributed by atoms with E-state index in [1.807, 2.05) is 19.2 Å². The number of anilines is 1. The molecule has 1 N–H and O–H groups in total. The van der Waals surface area contributed by atoms with Gasteiger partial charge in [0.05, 0.1) is 5.69 Å². The first-order valence-corrected chi connectivity index (χ1v) is 5.74. The summed E-state index contributed by atoms with van der Waals surface area (Å²) in [7, 11) is 0. The predicted octanol–water partition coefficient (Wildman–Crippen LogP) is 3.10. The van der Waals surface area contributed by atoms with Crippen molar-refractivity contribution in [2.24, 2.45) is 0 Å². The Morgan fingerprint density at radius 1 is 1.29 bits per heavy atom. The van der Waals surface area contributed by atoms with E-state index in [9.17, 15) is 0 Å². The summed E-state index contributed by atoms with van der Waals surface area (Å²) < 4.78 is 0. The van der Waals surface area contributed by atoms with E-state index < -0.39 is 0 Å². The van der Waals surface area contributed by atoms with Crippen molar-refractivity contribution in [3.8, 4) is 0 Å². The van der Waals surface area contributed by atoms with Gasteiger partial charge in [0, 0.05) is 25.0 Å². The Labute approximate surface area is 109 Å². The number of aryl methyl sites for hydroxylation is 1. The van der Waals surface area contributed by atoms with Gasteiger partial charge in [0.25, 0.3) is 0 Å². The zero-order chi connectivity index (χ0) is 12.3. The molecular weight excluding hydrogens is 259 g/mol. The van der Waals surface area contributed by atoms with Crippen LogP contribution in [0.25, 0.3) is 0 Å². The Kier molecular flexibility index (Phi) is 3.76. The third-order valence-electron chi connectivity index (χ3n) is 2.32. The summed E-state index contributed by atoms with van der Waals surface area (Å²) in [5.41, 5.74) is 2.93. The minimum absolute atomic E-state index is 0.307. The van der Waals surface area contributed by atoms with Crippen LogP contribution in [0.4, 0.5) is 5.69 Å². The van der Waals surface area contributed by atoms with E-state index in [4.69, 9.17) is 23.2 Å². The fraction of sp³-hybridized carbons (Fsp3) is 0.182. The Balaban J connectivity index is 2.12. The molecule has 0 spiro atoms. The van der Waals surface area contributed by atoms with Crippen molar-refractivity contribution >= 4 is 28.9 Å². The molecule has 0 radical (unpaired) electrons. The molecule has 4 nitrogen and oxygen atoms in total. The molecule has 0 saturated heterocycles. The second-order valence-corrected chi connectivity index (χ2v) is 4.27. The molecule has 17 heavy (non-hydrogen) atoms. The van der Waals surface area contributed by atoms with E-state index in [0.717, 1.165) is 11.1 Å². The fourth-order valence-electron chi connectivity index (χ4n) is 1.37. The van der Waals surface area contributed by atoms with Gasteiger partial charge < -0.3 is 5.32 Å². The molecule has 0 fully saturated rings. The lowest BCUT2D eigenvalue weighted by molar-refractivity contribution is 1.02. The van der Waals surface area contributed by atoms with Gasteiger partial charge in [-0.3, -0.25) is 4.98 Å². The number of hydrogen-bond acceptors (Lipinski definition) is 4. The lowest BCUT2D eigenvalue weighted by Crippen LogP contribution is -2.03. The summed E-state index contributed by atoms with van der Waals surface area (Å²) >= 11 is 11.6. The molecule has 0 saturated carbocycles. The number of aromatic nitrogens is 3. The smallest absolute Gasteiger partial charge is 0.174 e. The number of halogens is 2. The van der Waals surface area contributed by atoms with Gasteiger partial charge in [-0.25, -0.2) is 0 Å². The number of rotatable bonds is 3. The van der Waals surface area contributed by atoms with Gasteiger partial charge in [0.1, 0.15) is 0 Å². The standard InChI is InChI=1S/C11H10Cl2N4/c1-7-5-14-3-2-8(7)6-15-9-4-10(12)16-17-11(9)13/h2-5H,6H2,1H3,(H,15,16). The molecule has 2 rings (SSSR count). The molecule has 2 aromatic heterocycles. The van der Waals surface area contributed by atoms with Gasteiger partial charge in [-0.2, -0.15) is 0 Å². The van der Waals surface area contributed by atoms with Crippen LogP contribution in [0, 0.1) is 6.92 Å². The Hall–Kier alpha value is -1.39. The van der Waals surface area contributed by atoms with Crippen LogP contribution in [-0.2, 0) is 6.54 Å². The molecule has 0 amide bonds. The highest BCUT2D eigenvalue weighted by molar-refractivity contribution is 6.33. The molecule has 0 atom stereocenters. The SMILES string of the molecule is Cc1cnccc1CNc1cc(Cl)nnc1Cl. The minimum Gasteiger partial charge on any atom is -0.378 e. The summed E-state index contributed by atoms with van der Waals surface area (Å²) in [4.78, 5) is 4.03. The zero-order valence-electron chi connectivity index (χ0n) is 9.11. The quantitative estimate of drug-likeness (QED) is 0.930. The molecular formula is C11H10Cl2N4. The zero-order valence-corrected chi connectivity index (χ0v) is 10.6. The maximum absolute atomic E-state index is 5.90. The van der Waals surface area contributed by atoms with Crippen molar-refractivity contribution in [3.05, 3.63) is 46.0 Å². The molecule has 0 aliphatic heterocycles. The van der Waals surface area contributed by atoms with Crippen molar-refractivity contribution in [2.75, 3.05) is 5.32 Å². The lowest BCUT2D eigenvalue weighted by Gasteiger charge is -2.09. The first kappa shape index (κ1) is 12.1. The van der Waals surface area contributed by atoms with Crippen LogP contribution < -0.4 is 5.32 Å². The van der Waals surface area contributed by atoms with Crippen LogP contribution >= 0.6 is 23.2 Å². The molecule has 88 valence electrons. The van der Waals surface area contributed by atoms with E-state index in [1.165, 1.54) is 0 Å². The molecule has 0 bridgehead atoms. The van der Waals surface area contributed by atoms with Crippen LogP contribution in [0.2, 0.25) is 10.3 Å². The minimum atomic E-state index is 0.307. The molecule has 0 unspecified atom stereocenters. The van der Waals surface area contributed by atoms with Gasteiger partial charge >= 0.3 is 0 Å². The summed E-state index contributed by atoms with van der Waals surface area (Å²) in [6, 6.07) is 3.60. The van der Waals surface area contributed by atoms with E-state index in [-0.39, 0.29) is 0 Å². The molecule has 2 heterocycles. The predicted molar refractivity (Wildman–Crippen MR) is 68.4 cm³/mol. The number of pyridine rings is 1. The fourth-order valence-corrected chi connectivity index (χ4v) is 1.67. The highest BCUT2D eigenvalue weighted by atomic mass is 35.5. The van der Waals surface area contributed by atoms with E-state index in [1.54, 1.807) is 12.3 Å². The highest BCUT2D eigenvalue weighted by Crippen LogP contribution is 2.21. The van der Waals surface area contributed by atoms with Gasteiger partial charge in [0.15, 0.2) is 10.3 Å². The van der Waals surface area contributed by atoms with E-state index in [0.29, 0.717) is 22.5 Å². The summed E-state index contributed by atoms with van der Waals surface area (Å²) in [6.07, 6.45) is 3.57. The number of hydrogen-bond donors (Lipinski definition) is 1. The third-order valence-corrected chi connectivity index (χ3v) is 2.79. The molecule has 6 heteroatoms. The molecule has 2 aromatic rings.